The van der Waals surface area contributed by atoms with Crippen molar-refractivity contribution in [3.63, 3.8) is 0 Å². The van der Waals surface area contributed by atoms with Gasteiger partial charge in [0.25, 0.3) is 10.2 Å². The standard InChI is InChI=1S/C8H8N2O4S/c9-15(12,13)10-7-5-3-1-2-4-6(5)8(11)14-7/h1-4,7,10H,(H2,9,12,13). The van der Waals surface area contributed by atoms with Crippen LogP contribution in [0.3, 0.4) is 0 Å². The summed E-state index contributed by atoms with van der Waals surface area (Å²) in [4.78, 5) is 11.3. The summed E-state index contributed by atoms with van der Waals surface area (Å²) in [6, 6.07) is 6.50. The Hall–Kier alpha value is -1.44. The van der Waals surface area contributed by atoms with Crippen LogP contribution in [0, 0.1) is 0 Å². The Kier molecular flexibility index (Phi) is 2.22. The van der Waals surface area contributed by atoms with E-state index < -0.39 is 22.4 Å². The van der Waals surface area contributed by atoms with Crippen molar-refractivity contribution in [2.45, 2.75) is 6.23 Å². The fourth-order valence-electron chi connectivity index (χ4n) is 1.38. The van der Waals surface area contributed by atoms with Gasteiger partial charge in [-0.25, -0.2) is 9.93 Å². The Bertz CT molecular complexity index is 511. The highest BCUT2D eigenvalue weighted by atomic mass is 32.2. The molecule has 0 aromatic heterocycles. The van der Waals surface area contributed by atoms with Gasteiger partial charge in [0.1, 0.15) is 0 Å². The molecule has 1 unspecified atom stereocenters. The van der Waals surface area contributed by atoms with E-state index in [1.54, 1.807) is 24.3 Å². The molecule has 0 fully saturated rings. The molecule has 1 aromatic carbocycles. The molecule has 0 aliphatic carbocycles. The number of cyclic esters (lactones) is 1. The number of hydrogen-bond acceptors (Lipinski definition) is 4. The first kappa shape index (κ1) is 10.1. The van der Waals surface area contributed by atoms with Crippen molar-refractivity contribution in [2.75, 3.05) is 0 Å². The molecule has 0 saturated carbocycles. The van der Waals surface area contributed by atoms with Crippen LogP contribution >= 0.6 is 0 Å². The van der Waals surface area contributed by atoms with E-state index in [-0.39, 0.29) is 0 Å². The maximum Gasteiger partial charge on any atom is 0.340 e. The summed E-state index contributed by atoms with van der Waals surface area (Å²) in [6.07, 6.45) is -1.02. The highest BCUT2D eigenvalue weighted by molar-refractivity contribution is 7.87. The summed E-state index contributed by atoms with van der Waals surface area (Å²) >= 11 is 0. The zero-order valence-electron chi connectivity index (χ0n) is 7.51. The van der Waals surface area contributed by atoms with Crippen molar-refractivity contribution >= 4 is 16.2 Å². The number of rotatable bonds is 2. The molecule has 1 heterocycles. The number of nitrogens with one attached hydrogen (secondary N) is 1. The van der Waals surface area contributed by atoms with Crippen LogP contribution in [0.15, 0.2) is 24.3 Å². The Morgan fingerprint density at radius 3 is 2.67 bits per heavy atom. The number of ether oxygens (including phenoxy) is 1. The lowest BCUT2D eigenvalue weighted by atomic mass is 10.1. The predicted molar refractivity (Wildman–Crippen MR) is 50.8 cm³/mol. The van der Waals surface area contributed by atoms with Gasteiger partial charge in [0.05, 0.1) is 5.56 Å². The Balaban J connectivity index is 2.37. The third-order valence-corrected chi connectivity index (χ3v) is 2.50. The van der Waals surface area contributed by atoms with E-state index in [0.29, 0.717) is 11.1 Å². The number of carbonyl (C=O) groups excluding carboxylic acids is 1. The first-order valence-corrected chi connectivity index (χ1v) is 5.62. The number of carbonyl (C=O) groups is 1. The van der Waals surface area contributed by atoms with Crippen molar-refractivity contribution in [1.82, 2.24) is 4.72 Å². The molecule has 0 spiro atoms. The molecular weight excluding hydrogens is 220 g/mol. The first-order valence-electron chi connectivity index (χ1n) is 4.07. The molecule has 15 heavy (non-hydrogen) atoms. The van der Waals surface area contributed by atoms with Gasteiger partial charge in [0, 0.05) is 5.56 Å². The van der Waals surface area contributed by atoms with Crippen LogP contribution in [-0.4, -0.2) is 14.4 Å². The predicted octanol–water partition coefficient (Wildman–Crippen LogP) is -0.351. The molecule has 1 aliphatic rings. The number of fused-ring (bicyclic) bond motifs is 1. The lowest BCUT2D eigenvalue weighted by Gasteiger charge is -2.09. The molecule has 1 aliphatic heterocycles. The van der Waals surface area contributed by atoms with E-state index in [0.717, 1.165) is 0 Å². The second kappa shape index (κ2) is 3.30. The molecule has 1 atom stereocenters. The minimum Gasteiger partial charge on any atom is -0.438 e. The van der Waals surface area contributed by atoms with Gasteiger partial charge in [-0.2, -0.15) is 13.1 Å². The topological polar surface area (TPSA) is 98.5 Å². The van der Waals surface area contributed by atoms with E-state index in [9.17, 15) is 13.2 Å². The smallest absolute Gasteiger partial charge is 0.340 e. The maximum absolute atomic E-state index is 11.3. The first-order chi connectivity index (χ1) is 6.97. The number of hydrogen-bond donors (Lipinski definition) is 2. The number of nitrogens with two attached hydrogens (primary N) is 1. The molecule has 1 aromatic rings. The van der Waals surface area contributed by atoms with Gasteiger partial charge in [0.15, 0.2) is 6.23 Å². The van der Waals surface area contributed by atoms with Crippen LogP contribution in [-0.2, 0) is 14.9 Å². The molecule has 0 saturated heterocycles. The van der Waals surface area contributed by atoms with Crippen molar-refractivity contribution in [2.24, 2.45) is 5.14 Å². The lowest BCUT2D eigenvalue weighted by Crippen LogP contribution is -2.34. The largest absolute Gasteiger partial charge is 0.438 e. The van der Waals surface area contributed by atoms with E-state index in [4.69, 9.17) is 9.88 Å². The van der Waals surface area contributed by atoms with E-state index in [2.05, 4.69) is 0 Å². The lowest BCUT2D eigenvalue weighted by molar-refractivity contribution is 0.0364. The SMILES string of the molecule is NS(=O)(=O)NC1OC(=O)c2ccccc21. The van der Waals surface area contributed by atoms with Crippen molar-refractivity contribution in [1.29, 1.82) is 0 Å². The van der Waals surface area contributed by atoms with E-state index in [1.807, 2.05) is 4.72 Å². The van der Waals surface area contributed by atoms with Crippen LogP contribution in [0.25, 0.3) is 0 Å². The summed E-state index contributed by atoms with van der Waals surface area (Å²) in [7, 11) is -3.90. The molecule has 2 rings (SSSR count). The van der Waals surface area contributed by atoms with Gasteiger partial charge < -0.3 is 4.74 Å². The zero-order chi connectivity index (χ0) is 11.1. The third kappa shape index (κ3) is 1.99. The van der Waals surface area contributed by atoms with Crippen LogP contribution in [0.1, 0.15) is 22.1 Å². The monoisotopic (exact) mass is 228 g/mol. The fourth-order valence-corrected chi connectivity index (χ4v) is 1.86. The van der Waals surface area contributed by atoms with Gasteiger partial charge in [-0.05, 0) is 6.07 Å². The molecule has 0 bridgehead atoms. The van der Waals surface area contributed by atoms with Crippen LogP contribution in [0.5, 0.6) is 0 Å². The van der Waals surface area contributed by atoms with E-state index in [1.165, 1.54) is 0 Å². The molecule has 80 valence electrons. The summed E-state index contributed by atoms with van der Waals surface area (Å²) in [6.45, 7) is 0. The van der Waals surface area contributed by atoms with Crippen LogP contribution in [0.2, 0.25) is 0 Å². The molecule has 3 N–H and O–H groups in total. The van der Waals surface area contributed by atoms with Crippen molar-refractivity contribution in [3.05, 3.63) is 35.4 Å². The summed E-state index contributed by atoms with van der Waals surface area (Å²) < 4.78 is 28.4. The third-order valence-electron chi connectivity index (χ3n) is 1.96. The van der Waals surface area contributed by atoms with Gasteiger partial charge in [0.2, 0.25) is 0 Å². The quantitative estimate of drug-likeness (QED) is 0.676. The molecule has 6 nitrogen and oxygen atoms in total. The highest BCUT2D eigenvalue weighted by Crippen LogP contribution is 2.28. The Morgan fingerprint density at radius 1 is 1.33 bits per heavy atom. The maximum atomic E-state index is 11.3. The van der Waals surface area contributed by atoms with Crippen molar-refractivity contribution < 1.29 is 17.9 Å². The number of benzene rings is 1. The number of esters is 1. The molecule has 0 amide bonds. The second-order valence-corrected chi connectivity index (χ2v) is 4.36. The van der Waals surface area contributed by atoms with Gasteiger partial charge in [-0.1, -0.05) is 18.2 Å². The molecule has 0 radical (unpaired) electrons. The Morgan fingerprint density at radius 2 is 2.00 bits per heavy atom. The van der Waals surface area contributed by atoms with Gasteiger partial charge in [-0.15, -0.1) is 0 Å². The average molecular weight is 228 g/mol. The van der Waals surface area contributed by atoms with Gasteiger partial charge >= 0.3 is 5.97 Å². The summed E-state index contributed by atoms with van der Waals surface area (Å²) in [5.74, 6) is -0.563. The Labute approximate surface area is 86.2 Å². The molecule has 7 heteroatoms. The normalized spacial score (nSPS) is 19.8. The summed E-state index contributed by atoms with van der Waals surface area (Å²) in [5, 5.41) is 4.79. The fraction of sp³-hybridized carbons (Fsp3) is 0.125. The van der Waals surface area contributed by atoms with Crippen LogP contribution < -0.4 is 9.86 Å². The minimum atomic E-state index is -3.90. The van der Waals surface area contributed by atoms with Gasteiger partial charge in [-0.3, -0.25) is 0 Å². The molecular formula is C8H8N2O4S. The average Bonchev–Trinajstić information content (AvgIpc) is 2.42. The minimum absolute atomic E-state index is 0.346. The van der Waals surface area contributed by atoms with Crippen LogP contribution in [0.4, 0.5) is 0 Å². The highest BCUT2D eigenvalue weighted by Gasteiger charge is 2.32. The zero-order valence-corrected chi connectivity index (χ0v) is 8.32. The van der Waals surface area contributed by atoms with Crippen molar-refractivity contribution in [3.8, 4) is 0 Å². The second-order valence-electron chi connectivity index (χ2n) is 3.04. The van der Waals surface area contributed by atoms with E-state index >= 15 is 0 Å². The summed E-state index contributed by atoms with van der Waals surface area (Å²) in [5.41, 5.74) is 0.815.